The lowest BCUT2D eigenvalue weighted by Crippen LogP contribution is -2.04. The highest BCUT2D eigenvalue weighted by Gasteiger charge is 2.27. The zero-order valence-corrected chi connectivity index (χ0v) is 50.6. The van der Waals surface area contributed by atoms with Crippen LogP contribution in [0.3, 0.4) is 0 Å². The Morgan fingerprint density at radius 1 is 0.240 bits per heavy atom. The number of aromatic nitrogens is 4. The van der Waals surface area contributed by atoms with Gasteiger partial charge in [0.15, 0.2) is 5.82 Å². The molecule has 0 aliphatic carbocycles. The molecule has 3 heterocycles. The maximum absolute atomic E-state index is 10.5. The number of nitriles is 8. The molecule has 0 bridgehead atoms. The lowest BCUT2D eigenvalue weighted by molar-refractivity contribution is 1.15. The quantitative estimate of drug-likeness (QED) is 0.126. The normalized spacial score (nSPS) is 10.8. The first-order valence-electron chi connectivity index (χ1n) is 30.4. The average molecular weight is 1220 g/mol. The van der Waals surface area contributed by atoms with Crippen molar-refractivity contribution in [3.63, 3.8) is 0 Å². The maximum atomic E-state index is 10.5. The summed E-state index contributed by atoms with van der Waals surface area (Å²) >= 11 is 0. The molecule has 15 rings (SSSR count). The van der Waals surface area contributed by atoms with Gasteiger partial charge in [0.05, 0.1) is 138 Å². The standard InChI is InChI=1S/C84H42N12/c85-43-51-18-26-65(61(34-51)47-89)57-22-30-78-71(38-57)72-39-58(66-27-19-52(44-86)35-62(66)48-90)23-31-79(72)95(78)77-16-8-7-14-70(77)83-69(76-42-75(55-10-3-1-4-11-55)93-84(94-76)56-12-5-2-6-13-56)15-9-17-82(83)96-80-32-24-59(67-28-20-53(45-87)36-63(67)49-91)40-73(80)74-41-60(25-33-81(74)96)68-29-21-54(46-88)37-64(68)50-92/h1-42H. The highest BCUT2D eigenvalue weighted by molar-refractivity contribution is 6.15. The number of rotatable bonds is 10. The Morgan fingerprint density at radius 2 is 0.583 bits per heavy atom. The van der Waals surface area contributed by atoms with Gasteiger partial charge >= 0.3 is 0 Å². The first-order valence-corrected chi connectivity index (χ1v) is 30.4. The Labute approximate surface area is 550 Å². The molecule has 15 aromatic rings. The zero-order chi connectivity index (χ0) is 65.6. The summed E-state index contributed by atoms with van der Waals surface area (Å²) in [6.07, 6.45) is 0. The molecule has 0 spiro atoms. The van der Waals surface area contributed by atoms with Gasteiger partial charge in [0.1, 0.15) is 0 Å². The molecule has 438 valence electrons. The van der Waals surface area contributed by atoms with E-state index in [1.807, 2.05) is 109 Å². The molecule has 0 aliphatic heterocycles. The topological polar surface area (TPSA) is 226 Å². The summed E-state index contributed by atoms with van der Waals surface area (Å²) in [6, 6.07) is 99.3. The predicted molar refractivity (Wildman–Crippen MR) is 372 cm³/mol. The zero-order valence-electron chi connectivity index (χ0n) is 50.6. The molecule has 0 radical (unpaired) electrons. The van der Waals surface area contributed by atoms with Crippen molar-refractivity contribution < 1.29 is 0 Å². The SMILES string of the molecule is N#Cc1ccc(-c2ccc3c(c2)c2cc(-c4ccc(C#N)cc4C#N)ccc2n3-c2ccccc2-c2c(-c3cc(-c4ccccc4)nc(-c4ccccc4)n3)cccc2-n2c3ccc(-c4ccc(C#N)cc4C#N)cc3c3cc(-c4ccc(C#N)cc4C#N)ccc32)c(C#N)c1. The molecule has 0 saturated carbocycles. The summed E-state index contributed by atoms with van der Waals surface area (Å²) in [4.78, 5) is 10.7. The molecule has 0 saturated heterocycles. The van der Waals surface area contributed by atoms with Crippen LogP contribution >= 0.6 is 0 Å². The van der Waals surface area contributed by atoms with Crippen LogP contribution in [0.15, 0.2) is 255 Å². The van der Waals surface area contributed by atoms with Crippen LogP contribution in [0.4, 0.5) is 0 Å². The Morgan fingerprint density at radius 3 is 0.979 bits per heavy atom. The Bertz CT molecular complexity index is 5870. The van der Waals surface area contributed by atoms with Crippen molar-refractivity contribution in [2.75, 3.05) is 0 Å². The smallest absolute Gasteiger partial charge is 0.160 e. The Hall–Kier alpha value is -14.8. The van der Waals surface area contributed by atoms with E-state index >= 15 is 0 Å². The molecular weight excluding hydrogens is 1180 g/mol. The molecule has 12 aromatic carbocycles. The van der Waals surface area contributed by atoms with Crippen LogP contribution < -0.4 is 0 Å². The van der Waals surface area contributed by atoms with Crippen LogP contribution in [0.5, 0.6) is 0 Å². The molecular formula is C84H42N12. The minimum atomic E-state index is 0.343. The van der Waals surface area contributed by atoms with Gasteiger partial charge < -0.3 is 9.13 Å². The van der Waals surface area contributed by atoms with Crippen molar-refractivity contribution in [2.24, 2.45) is 0 Å². The van der Waals surface area contributed by atoms with Crippen molar-refractivity contribution in [3.8, 4) is 149 Å². The number of hydrogen-bond acceptors (Lipinski definition) is 10. The third-order valence-electron chi connectivity index (χ3n) is 17.7. The van der Waals surface area contributed by atoms with Gasteiger partial charge in [-0.25, -0.2) is 9.97 Å². The fraction of sp³-hybridized carbons (Fsp3) is 0. The molecule has 3 aromatic heterocycles. The molecule has 0 aliphatic rings. The highest BCUT2D eigenvalue weighted by atomic mass is 15.0. The lowest BCUT2D eigenvalue weighted by Gasteiger charge is -2.22. The van der Waals surface area contributed by atoms with Gasteiger partial charge in [0, 0.05) is 49.4 Å². The predicted octanol–water partition coefficient (Wildman–Crippen LogP) is 19.0. The van der Waals surface area contributed by atoms with E-state index in [4.69, 9.17) is 9.97 Å². The number of nitrogens with zero attached hydrogens (tertiary/aromatic N) is 12. The van der Waals surface area contributed by atoms with Crippen molar-refractivity contribution in [2.45, 2.75) is 0 Å². The van der Waals surface area contributed by atoms with E-state index < -0.39 is 0 Å². The van der Waals surface area contributed by atoms with E-state index in [-0.39, 0.29) is 0 Å². The van der Waals surface area contributed by atoms with E-state index in [2.05, 4.69) is 130 Å². The first-order chi connectivity index (χ1) is 47.2. The monoisotopic (exact) mass is 1220 g/mol. The van der Waals surface area contributed by atoms with Crippen LogP contribution in [0.25, 0.3) is 145 Å². The van der Waals surface area contributed by atoms with Crippen molar-refractivity contribution in [1.29, 1.82) is 42.1 Å². The number of fused-ring (bicyclic) bond motifs is 6. The van der Waals surface area contributed by atoms with E-state index in [0.717, 1.165) is 105 Å². The minimum absolute atomic E-state index is 0.343. The van der Waals surface area contributed by atoms with Crippen LogP contribution in [0.1, 0.15) is 44.5 Å². The molecule has 0 N–H and O–H groups in total. The Balaban J connectivity index is 1.06. The molecule has 12 nitrogen and oxygen atoms in total. The van der Waals surface area contributed by atoms with Gasteiger partial charge in [-0.3, -0.25) is 0 Å². The number of hydrogen-bond donors (Lipinski definition) is 0. The second-order valence-corrected chi connectivity index (χ2v) is 22.9. The van der Waals surface area contributed by atoms with E-state index in [1.165, 1.54) is 0 Å². The van der Waals surface area contributed by atoms with Gasteiger partial charge in [-0.15, -0.1) is 0 Å². The minimum Gasteiger partial charge on any atom is -0.309 e. The van der Waals surface area contributed by atoms with E-state index in [1.54, 1.807) is 72.8 Å². The molecule has 96 heavy (non-hydrogen) atoms. The molecule has 0 amide bonds. The van der Waals surface area contributed by atoms with Crippen molar-refractivity contribution in [3.05, 3.63) is 299 Å². The van der Waals surface area contributed by atoms with Gasteiger partial charge in [-0.1, -0.05) is 140 Å². The summed E-state index contributed by atoms with van der Waals surface area (Å²) in [5, 5.41) is 85.0. The summed E-state index contributed by atoms with van der Waals surface area (Å²) in [6.45, 7) is 0. The maximum Gasteiger partial charge on any atom is 0.160 e. The van der Waals surface area contributed by atoms with Crippen molar-refractivity contribution >= 4 is 43.6 Å². The van der Waals surface area contributed by atoms with Crippen LogP contribution in [0, 0.1) is 90.6 Å². The van der Waals surface area contributed by atoms with Gasteiger partial charge in [-0.05, 0) is 160 Å². The first kappa shape index (κ1) is 57.7. The second kappa shape index (κ2) is 23.9. The third kappa shape index (κ3) is 9.82. The summed E-state index contributed by atoms with van der Waals surface area (Å²) in [7, 11) is 0. The fourth-order valence-corrected chi connectivity index (χ4v) is 13.2. The third-order valence-corrected chi connectivity index (χ3v) is 17.7. The summed E-state index contributed by atoms with van der Waals surface area (Å²) < 4.78 is 4.49. The summed E-state index contributed by atoms with van der Waals surface area (Å²) in [5.74, 6) is 0.519. The van der Waals surface area contributed by atoms with Crippen LogP contribution in [-0.2, 0) is 0 Å². The van der Waals surface area contributed by atoms with Crippen LogP contribution in [-0.4, -0.2) is 19.1 Å². The number of benzene rings is 12. The van der Waals surface area contributed by atoms with Gasteiger partial charge in [0.25, 0.3) is 0 Å². The molecule has 12 heteroatoms. The van der Waals surface area contributed by atoms with Gasteiger partial charge in [0.2, 0.25) is 0 Å². The average Bonchev–Trinajstić information content (AvgIpc) is 1.54. The largest absolute Gasteiger partial charge is 0.309 e. The highest BCUT2D eigenvalue weighted by Crippen LogP contribution is 2.48. The van der Waals surface area contributed by atoms with E-state index in [9.17, 15) is 42.1 Å². The summed E-state index contributed by atoms with van der Waals surface area (Å²) in [5.41, 5.74) is 18.7. The van der Waals surface area contributed by atoms with Gasteiger partial charge in [-0.2, -0.15) is 42.1 Å². The molecule has 0 fully saturated rings. The Kier molecular flexibility index (Phi) is 14.3. The molecule has 0 atom stereocenters. The molecule has 0 unspecified atom stereocenters. The van der Waals surface area contributed by atoms with Crippen LogP contribution in [0.2, 0.25) is 0 Å². The fourth-order valence-electron chi connectivity index (χ4n) is 13.2. The van der Waals surface area contributed by atoms with E-state index in [0.29, 0.717) is 84.0 Å². The lowest BCUT2D eigenvalue weighted by atomic mass is 9.93. The number of para-hydroxylation sites is 1. The van der Waals surface area contributed by atoms with Crippen molar-refractivity contribution in [1.82, 2.24) is 19.1 Å². The second-order valence-electron chi connectivity index (χ2n) is 22.9.